The number of hydrogen-bond donors (Lipinski definition) is 1. The van der Waals surface area contributed by atoms with Crippen LogP contribution in [0, 0.1) is 5.82 Å². The molecule has 0 heterocycles. The second kappa shape index (κ2) is 4.61. The molecule has 0 aromatic heterocycles. The van der Waals surface area contributed by atoms with Crippen molar-refractivity contribution in [1.29, 1.82) is 0 Å². The molecular weight excluding hydrogens is 267 g/mol. The van der Waals surface area contributed by atoms with Crippen LogP contribution in [0.25, 0.3) is 0 Å². The SMILES string of the molecule is COc1ccc(Br)c(C(C)C(=O)O)c1F. The van der Waals surface area contributed by atoms with E-state index >= 15 is 0 Å². The Morgan fingerprint density at radius 1 is 1.60 bits per heavy atom. The number of carboxylic acid groups (broad SMARTS) is 1. The summed E-state index contributed by atoms with van der Waals surface area (Å²) < 4.78 is 18.9. The minimum absolute atomic E-state index is 0.0429. The lowest BCUT2D eigenvalue weighted by molar-refractivity contribution is -0.138. The summed E-state index contributed by atoms with van der Waals surface area (Å²) in [6.07, 6.45) is 0. The van der Waals surface area contributed by atoms with Crippen molar-refractivity contribution in [3.05, 3.63) is 28.0 Å². The Bertz CT molecular complexity index is 392. The molecular formula is C10H10BrFO3. The van der Waals surface area contributed by atoms with Crippen LogP contribution in [-0.2, 0) is 4.79 Å². The van der Waals surface area contributed by atoms with Crippen LogP contribution in [0.1, 0.15) is 18.4 Å². The van der Waals surface area contributed by atoms with E-state index in [1.165, 1.54) is 20.1 Å². The van der Waals surface area contributed by atoms with Crippen LogP contribution in [-0.4, -0.2) is 18.2 Å². The fourth-order valence-electron chi connectivity index (χ4n) is 1.23. The summed E-state index contributed by atoms with van der Waals surface area (Å²) in [5, 5.41) is 8.82. The van der Waals surface area contributed by atoms with Crippen molar-refractivity contribution >= 4 is 21.9 Å². The van der Waals surface area contributed by atoms with Gasteiger partial charge in [-0.1, -0.05) is 15.9 Å². The van der Waals surface area contributed by atoms with E-state index < -0.39 is 17.7 Å². The lowest BCUT2D eigenvalue weighted by atomic mass is 10.0. The number of halogens is 2. The summed E-state index contributed by atoms with van der Waals surface area (Å²) in [5.41, 5.74) is 0.0989. The van der Waals surface area contributed by atoms with Crippen molar-refractivity contribution in [2.24, 2.45) is 0 Å². The zero-order valence-corrected chi connectivity index (χ0v) is 9.84. The molecule has 5 heteroatoms. The quantitative estimate of drug-likeness (QED) is 0.924. The molecule has 1 atom stereocenters. The van der Waals surface area contributed by atoms with Crippen molar-refractivity contribution in [3.8, 4) is 5.75 Å². The third-order valence-corrected chi connectivity index (χ3v) is 2.81. The van der Waals surface area contributed by atoms with E-state index in [9.17, 15) is 9.18 Å². The second-order valence-corrected chi connectivity index (χ2v) is 3.89. The van der Waals surface area contributed by atoms with Gasteiger partial charge in [-0.3, -0.25) is 4.79 Å². The lowest BCUT2D eigenvalue weighted by Crippen LogP contribution is -2.10. The highest BCUT2D eigenvalue weighted by molar-refractivity contribution is 9.10. The molecule has 0 fully saturated rings. The van der Waals surface area contributed by atoms with Crippen LogP contribution in [0.4, 0.5) is 4.39 Å². The molecule has 0 aliphatic rings. The normalized spacial score (nSPS) is 12.3. The minimum Gasteiger partial charge on any atom is -0.494 e. The second-order valence-electron chi connectivity index (χ2n) is 3.04. The third-order valence-electron chi connectivity index (χ3n) is 2.11. The predicted octanol–water partition coefficient (Wildman–Crippen LogP) is 2.78. The maximum Gasteiger partial charge on any atom is 0.310 e. The van der Waals surface area contributed by atoms with E-state index in [1.807, 2.05) is 0 Å². The van der Waals surface area contributed by atoms with Crippen LogP contribution in [0.5, 0.6) is 5.75 Å². The van der Waals surface area contributed by atoms with Crippen LogP contribution in [0.3, 0.4) is 0 Å². The number of rotatable bonds is 3. The minimum atomic E-state index is -1.08. The summed E-state index contributed by atoms with van der Waals surface area (Å²) >= 11 is 3.12. The number of carbonyl (C=O) groups is 1. The number of hydrogen-bond acceptors (Lipinski definition) is 2. The van der Waals surface area contributed by atoms with E-state index in [0.29, 0.717) is 4.47 Å². The monoisotopic (exact) mass is 276 g/mol. The number of carboxylic acids is 1. The summed E-state index contributed by atoms with van der Waals surface area (Å²) in [4.78, 5) is 10.8. The molecule has 0 saturated heterocycles. The Labute approximate surface area is 95.0 Å². The zero-order valence-electron chi connectivity index (χ0n) is 8.25. The molecule has 1 rings (SSSR count). The fourth-order valence-corrected chi connectivity index (χ4v) is 1.88. The van der Waals surface area contributed by atoms with Gasteiger partial charge in [-0.2, -0.15) is 0 Å². The Hall–Kier alpha value is -1.10. The lowest BCUT2D eigenvalue weighted by Gasteiger charge is -2.12. The topological polar surface area (TPSA) is 46.5 Å². The molecule has 3 nitrogen and oxygen atoms in total. The first-order chi connectivity index (χ1) is 6.99. The highest BCUT2D eigenvalue weighted by Gasteiger charge is 2.23. The maximum absolute atomic E-state index is 13.7. The molecule has 0 aliphatic carbocycles. The summed E-state index contributed by atoms with van der Waals surface area (Å²) in [6, 6.07) is 3.01. The van der Waals surface area contributed by atoms with Gasteiger partial charge in [-0.05, 0) is 19.1 Å². The van der Waals surface area contributed by atoms with Crippen LogP contribution in [0.15, 0.2) is 16.6 Å². The predicted molar refractivity (Wildman–Crippen MR) is 56.7 cm³/mol. The molecule has 1 aromatic rings. The zero-order chi connectivity index (χ0) is 11.6. The average Bonchev–Trinajstić information content (AvgIpc) is 2.17. The molecule has 15 heavy (non-hydrogen) atoms. The molecule has 0 aliphatic heterocycles. The van der Waals surface area contributed by atoms with Gasteiger partial charge >= 0.3 is 5.97 Å². The van der Waals surface area contributed by atoms with E-state index in [0.717, 1.165) is 0 Å². The third kappa shape index (κ3) is 2.28. The first kappa shape index (κ1) is 12.0. The van der Waals surface area contributed by atoms with E-state index in [-0.39, 0.29) is 11.3 Å². The van der Waals surface area contributed by atoms with E-state index in [2.05, 4.69) is 15.9 Å². The fraction of sp³-hybridized carbons (Fsp3) is 0.300. The first-order valence-corrected chi connectivity index (χ1v) is 5.03. The van der Waals surface area contributed by atoms with E-state index in [4.69, 9.17) is 9.84 Å². The van der Waals surface area contributed by atoms with Gasteiger partial charge in [0.25, 0.3) is 0 Å². The van der Waals surface area contributed by atoms with Gasteiger partial charge < -0.3 is 9.84 Å². The van der Waals surface area contributed by atoms with Gasteiger partial charge in [0.1, 0.15) is 0 Å². The number of methoxy groups -OCH3 is 1. The first-order valence-electron chi connectivity index (χ1n) is 4.23. The molecule has 82 valence electrons. The molecule has 1 N–H and O–H groups in total. The van der Waals surface area contributed by atoms with Gasteiger partial charge in [-0.15, -0.1) is 0 Å². The van der Waals surface area contributed by atoms with Crippen LogP contribution < -0.4 is 4.74 Å². The average molecular weight is 277 g/mol. The van der Waals surface area contributed by atoms with Crippen LogP contribution in [0.2, 0.25) is 0 Å². The number of benzene rings is 1. The van der Waals surface area contributed by atoms with Crippen molar-refractivity contribution in [1.82, 2.24) is 0 Å². The Balaban J connectivity index is 3.32. The van der Waals surface area contributed by atoms with Crippen LogP contribution >= 0.6 is 15.9 Å². The summed E-state index contributed by atoms with van der Waals surface area (Å²) in [5.74, 6) is -2.60. The Morgan fingerprint density at radius 3 is 2.67 bits per heavy atom. The van der Waals surface area contributed by atoms with Gasteiger partial charge in [0.15, 0.2) is 11.6 Å². The van der Waals surface area contributed by atoms with Gasteiger partial charge in [0.05, 0.1) is 13.0 Å². The molecule has 0 amide bonds. The maximum atomic E-state index is 13.7. The van der Waals surface area contributed by atoms with E-state index in [1.54, 1.807) is 6.07 Å². The summed E-state index contributed by atoms with van der Waals surface area (Å²) in [7, 11) is 1.33. The van der Waals surface area contributed by atoms with Gasteiger partial charge in [-0.25, -0.2) is 4.39 Å². The molecule has 0 spiro atoms. The van der Waals surface area contributed by atoms with Crippen molar-refractivity contribution in [2.75, 3.05) is 7.11 Å². The smallest absolute Gasteiger partial charge is 0.310 e. The standard InChI is InChI=1S/C10H10BrFO3/c1-5(10(13)14)8-6(11)3-4-7(15-2)9(8)12/h3-5H,1-2H3,(H,13,14). The highest BCUT2D eigenvalue weighted by atomic mass is 79.9. The molecule has 0 saturated carbocycles. The molecule has 1 unspecified atom stereocenters. The Morgan fingerprint density at radius 2 is 2.20 bits per heavy atom. The van der Waals surface area contributed by atoms with Crippen molar-refractivity contribution in [2.45, 2.75) is 12.8 Å². The number of aliphatic carboxylic acids is 1. The molecule has 0 radical (unpaired) electrons. The number of ether oxygens (including phenoxy) is 1. The van der Waals surface area contributed by atoms with Gasteiger partial charge in [0, 0.05) is 10.0 Å². The highest BCUT2D eigenvalue weighted by Crippen LogP contribution is 2.32. The molecule has 1 aromatic carbocycles. The molecule has 0 bridgehead atoms. The van der Waals surface area contributed by atoms with Crippen molar-refractivity contribution < 1.29 is 19.0 Å². The summed E-state index contributed by atoms with van der Waals surface area (Å²) in [6.45, 7) is 1.42. The largest absolute Gasteiger partial charge is 0.494 e. The van der Waals surface area contributed by atoms with Crippen molar-refractivity contribution in [3.63, 3.8) is 0 Å². The van der Waals surface area contributed by atoms with Gasteiger partial charge in [0.2, 0.25) is 0 Å². The Kier molecular flexibility index (Phi) is 3.68.